The molecule has 3 rings (SSSR count). The molecule has 1 amide bonds. The van der Waals surface area contributed by atoms with Crippen LogP contribution in [-0.2, 0) is 9.63 Å². The summed E-state index contributed by atoms with van der Waals surface area (Å²) in [6.45, 7) is 0. The van der Waals surface area contributed by atoms with Gasteiger partial charge in [-0.3, -0.25) is 4.79 Å². The predicted molar refractivity (Wildman–Crippen MR) is 88.4 cm³/mol. The van der Waals surface area contributed by atoms with E-state index in [0.29, 0.717) is 18.9 Å². The monoisotopic (exact) mass is 316 g/mol. The van der Waals surface area contributed by atoms with Crippen molar-refractivity contribution < 1.29 is 14.7 Å². The van der Waals surface area contributed by atoms with E-state index in [2.05, 4.69) is 5.16 Å². The fraction of sp³-hybridized carbons (Fsp3) is 0.556. The summed E-state index contributed by atoms with van der Waals surface area (Å²) in [6, 6.07) is 7.28. The lowest BCUT2D eigenvalue weighted by Gasteiger charge is -2.31. The van der Waals surface area contributed by atoms with Crippen LogP contribution in [0.3, 0.4) is 0 Å². The molecule has 1 aliphatic carbocycles. The van der Waals surface area contributed by atoms with Crippen molar-refractivity contribution in [3.8, 4) is 5.75 Å². The molecule has 0 bridgehead atoms. The zero-order valence-corrected chi connectivity index (χ0v) is 13.6. The van der Waals surface area contributed by atoms with Crippen molar-refractivity contribution in [1.29, 1.82) is 0 Å². The number of phenolic OH excluding ortho intramolecular Hbond substituents is 1. The highest BCUT2D eigenvalue weighted by atomic mass is 16.6. The topological polar surface area (TPSA) is 62.1 Å². The molecule has 2 aliphatic rings. The SMILES string of the molecule is CN(C(=O)CC1CC(c2ccc(O)cc2)=NO1)C1CCCCC1. The number of rotatable bonds is 4. The van der Waals surface area contributed by atoms with Crippen LogP contribution in [0.5, 0.6) is 5.75 Å². The van der Waals surface area contributed by atoms with Gasteiger partial charge in [0.25, 0.3) is 0 Å². The third-order valence-corrected chi connectivity index (χ3v) is 4.85. The zero-order chi connectivity index (χ0) is 16.2. The Morgan fingerprint density at radius 2 is 1.96 bits per heavy atom. The van der Waals surface area contributed by atoms with E-state index < -0.39 is 0 Å². The number of phenols is 1. The zero-order valence-electron chi connectivity index (χ0n) is 13.6. The van der Waals surface area contributed by atoms with Crippen molar-refractivity contribution in [2.75, 3.05) is 7.05 Å². The summed E-state index contributed by atoms with van der Waals surface area (Å²) in [6.07, 6.45) is 6.78. The van der Waals surface area contributed by atoms with Crippen molar-refractivity contribution in [1.82, 2.24) is 4.90 Å². The van der Waals surface area contributed by atoms with Gasteiger partial charge < -0.3 is 14.8 Å². The van der Waals surface area contributed by atoms with Gasteiger partial charge in [-0.2, -0.15) is 0 Å². The molecule has 124 valence electrons. The number of aromatic hydroxyl groups is 1. The maximum absolute atomic E-state index is 12.4. The molecule has 1 aromatic rings. The van der Waals surface area contributed by atoms with Gasteiger partial charge in [-0.1, -0.05) is 24.4 Å². The molecule has 1 heterocycles. The lowest BCUT2D eigenvalue weighted by molar-refractivity contribution is -0.135. The van der Waals surface area contributed by atoms with E-state index >= 15 is 0 Å². The van der Waals surface area contributed by atoms with E-state index in [1.54, 1.807) is 12.1 Å². The highest BCUT2D eigenvalue weighted by Crippen LogP contribution is 2.24. The third-order valence-electron chi connectivity index (χ3n) is 4.85. The molecule has 0 spiro atoms. The summed E-state index contributed by atoms with van der Waals surface area (Å²) >= 11 is 0. The third kappa shape index (κ3) is 3.84. The lowest BCUT2D eigenvalue weighted by atomic mass is 9.94. The van der Waals surface area contributed by atoms with E-state index in [0.717, 1.165) is 24.1 Å². The molecule has 1 aromatic carbocycles. The summed E-state index contributed by atoms with van der Waals surface area (Å²) in [5.41, 5.74) is 1.77. The van der Waals surface area contributed by atoms with E-state index in [9.17, 15) is 9.90 Å². The minimum atomic E-state index is -0.183. The average molecular weight is 316 g/mol. The van der Waals surface area contributed by atoms with E-state index in [1.807, 2.05) is 24.1 Å². The van der Waals surface area contributed by atoms with Crippen LogP contribution < -0.4 is 0 Å². The fourth-order valence-corrected chi connectivity index (χ4v) is 3.37. The van der Waals surface area contributed by atoms with Crippen molar-refractivity contribution in [2.45, 2.75) is 57.1 Å². The van der Waals surface area contributed by atoms with E-state index in [-0.39, 0.29) is 17.8 Å². The van der Waals surface area contributed by atoms with Crippen molar-refractivity contribution in [3.63, 3.8) is 0 Å². The number of oxime groups is 1. The van der Waals surface area contributed by atoms with E-state index in [4.69, 9.17) is 4.84 Å². The minimum Gasteiger partial charge on any atom is -0.508 e. The van der Waals surface area contributed by atoms with Gasteiger partial charge in [-0.25, -0.2) is 0 Å². The first-order valence-corrected chi connectivity index (χ1v) is 8.41. The number of hydrogen-bond acceptors (Lipinski definition) is 4. The normalized spacial score (nSPS) is 21.6. The Hall–Kier alpha value is -2.04. The largest absolute Gasteiger partial charge is 0.508 e. The summed E-state index contributed by atoms with van der Waals surface area (Å²) in [5, 5.41) is 13.4. The molecule has 23 heavy (non-hydrogen) atoms. The average Bonchev–Trinajstić information content (AvgIpc) is 3.04. The Kier molecular flexibility index (Phi) is 4.84. The molecule has 1 saturated carbocycles. The van der Waals surface area contributed by atoms with Gasteiger partial charge in [0.05, 0.1) is 12.1 Å². The summed E-state index contributed by atoms with van der Waals surface area (Å²) in [5.74, 6) is 0.373. The molecule has 1 unspecified atom stereocenters. The first-order valence-electron chi connectivity index (χ1n) is 8.41. The number of benzene rings is 1. The second-order valence-electron chi connectivity index (χ2n) is 6.52. The molecule has 0 radical (unpaired) electrons. The van der Waals surface area contributed by atoms with Crippen LogP contribution in [0.25, 0.3) is 0 Å². The lowest BCUT2D eigenvalue weighted by Crippen LogP contribution is -2.39. The van der Waals surface area contributed by atoms with Crippen molar-refractivity contribution in [3.05, 3.63) is 29.8 Å². The number of carbonyl (C=O) groups excluding carboxylic acids is 1. The Morgan fingerprint density at radius 3 is 2.65 bits per heavy atom. The Bertz CT molecular complexity index is 576. The molecular formula is C18H24N2O3. The first kappa shape index (κ1) is 15.8. The van der Waals surface area contributed by atoms with Gasteiger partial charge in [-0.05, 0) is 42.7 Å². The molecule has 1 atom stereocenters. The standard InChI is InChI=1S/C18H24N2O3/c1-20(14-5-3-2-4-6-14)18(22)12-16-11-17(19-23-16)13-7-9-15(21)10-8-13/h7-10,14,16,21H,2-6,11-12H2,1H3. The van der Waals surface area contributed by atoms with Gasteiger partial charge in [0.15, 0.2) is 0 Å². The molecule has 1 aliphatic heterocycles. The maximum Gasteiger partial charge on any atom is 0.226 e. The maximum atomic E-state index is 12.4. The van der Waals surface area contributed by atoms with Crippen LogP contribution >= 0.6 is 0 Å². The number of carbonyl (C=O) groups is 1. The first-order chi connectivity index (χ1) is 11.1. The molecule has 1 N–H and O–H groups in total. The van der Waals surface area contributed by atoms with Gasteiger partial charge in [-0.15, -0.1) is 0 Å². The number of amides is 1. The molecule has 5 heteroatoms. The van der Waals surface area contributed by atoms with E-state index in [1.165, 1.54) is 19.3 Å². The summed E-state index contributed by atoms with van der Waals surface area (Å²) < 4.78 is 0. The Morgan fingerprint density at radius 1 is 1.26 bits per heavy atom. The van der Waals surface area contributed by atoms with Crippen LogP contribution in [0.4, 0.5) is 0 Å². The van der Waals surface area contributed by atoms with Gasteiger partial charge >= 0.3 is 0 Å². The van der Waals surface area contributed by atoms with Crippen LogP contribution in [-0.4, -0.2) is 40.8 Å². The molecule has 0 saturated heterocycles. The van der Waals surface area contributed by atoms with Crippen LogP contribution in [0.15, 0.2) is 29.4 Å². The van der Waals surface area contributed by atoms with Crippen LogP contribution in [0.1, 0.15) is 50.5 Å². The quantitative estimate of drug-likeness (QED) is 0.928. The minimum absolute atomic E-state index is 0.143. The van der Waals surface area contributed by atoms with Gasteiger partial charge in [0.1, 0.15) is 11.9 Å². The van der Waals surface area contributed by atoms with Crippen molar-refractivity contribution in [2.24, 2.45) is 5.16 Å². The Balaban J connectivity index is 1.52. The molecule has 5 nitrogen and oxygen atoms in total. The number of hydrogen-bond donors (Lipinski definition) is 1. The van der Waals surface area contributed by atoms with Crippen LogP contribution in [0, 0.1) is 0 Å². The van der Waals surface area contributed by atoms with Crippen molar-refractivity contribution >= 4 is 11.6 Å². The smallest absolute Gasteiger partial charge is 0.226 e. The van der Waals surface area contributed by atoms with Gasteiger partial charge in [0.2, 0.25) is 5.91 Å². The molecule has 1 fully saturated rings. The highest BCUT2D eigenvalue weighted by molar-refractivity contribution is 6.01. The summed E-state index contributed by atoms with van der Waals surface area (Å²) in [7, 11) is 1.91. The Labute approximate surface area is 136 Å². The molecule has 0 aromatic heterocycles. The highest BCUT2D eigenvalue weighted by Gasteiger charge is 2.28. The summed E-state index contributed by atoms with van der Waals surface area (Å²) in [4.78, 5) is 19.8. The second-order valence-corrected chi connectivity index (χ2v) is 6.52. The van der Waals surface area contributed by atoms with Gasteiger partial charge in [0, 0.05) is 19.5 Å². The second kappa shape index (κ2) is 7.02. The predicted octanol–water partition coefficient (Wildman–Crippen LogP) is 3.07. The van der Waals surface area contributed by atoms with Crippen LogP contribution in [0.2, 0.25) is 0 Å². The molecular weight excluding hydrogens is 292 g/mol. The fourth-order valence-electron chi connectivity index (χ4n) is 3.37. The number of nitrogens with zero attached hydrogens (tertiary/aromatic N) is 2.